The Morgan fingerprint density at radius 3 is 2.90 bits per heavy atom. The highest BCUT2D eigenvalue weighted by Gasteiger charge is 2.56. The van der Waals surface area contributed by atoms with E-state index in [4.69, 9.17) is 0 Å². The summed E-state index contributed by atoms with van der Waals surface area (Å²) in [5.41, 5.74) is 0. The Kier molecular flexibility index (Phi) is 1.19. The number of carbonyl (C=O) groups is 1. The van der Waals surface area contributed by atoms with Crippen LogP contribution in [0.2, 0.25) is 0 Å². The summed E-state index contributed by atoms with van der Waals surface area (Å²) in [5, 5.41) is 0. The molecular weight excluding hydrogens is 124 g/mol. The van der Waals surface area contributed by atoms with Crippen molar-refractivity contribution in [3.8, 4) is 0 Å². The second-order valence-electron chi connectivity index (χ2n) is 3.30. The van der Waals surface area contributed by atoms with E-state index >= 15 is 0 Å². The molecule has 0 saturated heterocycles. The fraction of sp³-hybridized carbons (Fsp3) is 0.667. The number of Topliss-reactive ketones (excluding diaryl/α,β-unsaturated/α-hetero) is 1. The van der Waals surface area contributed by atoms with Crippen molar-refractivity contribution in [2.24, 2.45) is 17.8 Å². The monoisotopic (exact) mass is 136 g/mol. The zero-order chi connectivity index (χ0) is 7.14. The molecule has 0 radical (unpaired) electrons. The van der Waals surface area contributed by atoms with Gasteiger partial charge in [-0.2, -0.15) is 0 Å². The number of ketones is 1. The third kappa shape index (κ3) is 0.664. The quantitative estimate of drug-likeness (QED) is 0.502. The Morgan fingerprint density at radius 2 is 2.40 bits per heavy atom. The first kappa shape index (κ1) is 6.14. The molecule has 3 atom stereocenters. The average molecular weight is 136 g/mol. The molecule has 0 spiro atoms. The largest absolute Gasteiger partial charge is 0.299 e. The summed E-state index contributed by atoms with van der Waals surface area (Å²) in [7, 11) is 0. The van der Waals surface area contributed by atoms with Gasteiger partial charge >= 0.3 is 0 Å². The van der Waals surface area contributed by atoms with Crippen molar-refractivity contribution < 1.29 is 4.79 Å². The maximum absolute atomic E-state index is 11.1. The molecule has 10 heavy (non-hydrogen) atoms. The van der Waals surface area contributed by atoms with Crippen LogP contribution in [0, 0.1) is 17.8 Å². The van der Waals surface area contributed by atoms with Crippen LogP contribution in [0.3, 0.4) is 0 Å². The lowest BCUT2D eigenvalue weighted by molar-refractivity contribution is -0.119. The van der Waals surface area contributed by atoms with Gasteiger partial charge in [-0.15, -0.1) is 0 Å². The molecule has 1 nitrogen and oxygen atoms in total. The molecule has 2 rings (SSSR count). The van der Waals surface area contributed by atoms with Crippen molar-refractivity contribution in [1.82, 2.24) is 0 Å². The van der Waals surface area contributed by atoms with Gasteiger partial charge in [0, 0.05) is 12.3 Å². The van der Waals surface area contributed by atoms with E-state index < -0.39 is 0 Å². The highest BCUT2D eigenvalue weighted by molar-refractivity contribution is 5.87. The number of rotatable bonds is 1. The molecule has 0 aliphatic heterocycles. The second-order valence-corrected chi connectivity index (χ2v) is 3.30. The van der Waals surface area contributed by atoms with E-state index in [9.17, 15) is 4.79 Å². The van der Waals surface area contributed by atoms with Crippen molar-refractivity contribution in [1.29, 1.82) is 0 Å². The standard InChI is InChI=1S/C9H12O/c1-2-3-6-7-4-5-8(10)9(6)7/h2-3,6-7,9H,4-5H2,1H3/t6-,7+,9-/m0/s1. The molecular formula is C9H12O. The van der Waals surface area contributed by atoms with Crippen LogP contribution in [0.5, 0.6) is 0 Å². The maximum atomic E-state index is 11.1. The van der Waals surface area contributed by atoms with Gasteiger partial charge < -0.3 is 0 Å². The SMILES string of the molecule is CC=C[C@H]1[C@H]2CCC(=O)[C@@H]12. The van der Waals surface area contributed by atoms with Crippen molar-refractivity contribution in [2.45, 2.75) is 19.8 Å². The van der Waals surface area contributed by atoms with E-state index in [-0.39, 0.29) is 0 Å². The molecule has 0 amide bonds. The summed E-state index contributed by atoms with van der Waals surface area (Å²) < 4.78 is 0. The fourth-order valence-corrected chi connectivity index (χ4v) is 2.19. The molecule has 2 aliphatic rings. The fourth-order valence-electron chi connectivity index (χ4n) is 2.19. The first-order chi connectivity index (χ1) is 4.84. The Bertz CT molecular complexity index is 193. The van der Waals surface area contributed by atoms with Crippen LogP contribution in [0.25, 0.3) is 0 Å². The van der Waals surface area contributed by atoms with Crippen molar-refractivity contribution in [2.75, 3.05) is 0 Å². The Labute approximate surface area is 61.1 Å². The minimum atomic E-state index is 0.441. The third-order valence-electron chi connectivity index (χ3n) is 2.74. The highest BCUT2D eigenvalue weighted by atomic mass is 16.1. The van der Waals surface area contributed by atoms with Gasteiger partial charge in [0.25, 0.3) is 0 Å². The van der Waals surface area contributed by atoms with Gasteiger partial charge in [-0.3, -0.25) is 4.79 Å². The predicted octanol–water partition coefficient (Wildman–Crippen LogP) is 1.79. The zero-order valence-electron chi connectivity index (χ0n) is 6.21. The smallest absolute Gasteiger partial charge is 0.136 e. The van der Waals surface area contributed by atoms with E-state index in [2.05, 4.69) is 12.2 Å². The third-order valence-corrected chi connectivity index (χ3v) is 2.74. The number of fused-ring (bicyclic) bond motifs is 1. The Hall–Kier alpha value is -0.590. The van der Waals surface area contributed by atoms with Gasteiger partial charge in [0.2, 0.25) is 0 Å². The lowest BCUT2D eigenvalue weighted by Crippen LogP contribution is -1.96. The first-order valence-electron chi connectivity index (χ1n) is 4.00. The summed E-state index contributed by atoms with van der Waals surface area (Å²) in [5.74, 6) is 2.32. The van der Waals surface area contributed by atoms with Gasteiger partial charge in [0.15, 0.2) is 0 Å². The molecule has 1 heteroatoms. The van der Waals surface area contributed by atoms with Crippen LogP contribution in [0.1, 0.15) is 19.8 Å². The van der Waals surface area contributed by atoms with Crippen LogP contribution < -0.4 is 0 Å². The zero-order valence-corrected chi connectivity index (χ0v) is 6.21. The second kappa shape index (κ2) is 1.94. The molecule has 0 bridgehead atoms. The molecule has 2 fully saturated rings. The van der Waals surface area contributed by atoms with Crippen LogP contribution in [0.15, 0.2) is 12.2 Å². The number of hydrogen-bond acceptors (Lipinski definition) is 1. The molecule has 54 valence electrons. The molecule has 0 N–H and O–H groups in total. The van der Waals surface area contributed by atoms with E-state index in [1.54, 1.807) is 0 Å². The summed E-state index contributed by atoms with van der Waals surface area (Å²) >= 11 is 0. The van der Waals surface area contributed by atoms with E-state index in [1.807, 2.05) is 6.92 Å². The van der Waals surface area contributed by atoms with Gasteiger partial charge in [-0.1, -0.05) is 12.2 Å². The van der Waals surface area contributed by atoms with Crippen LogP contribution in [0.4, 0.5) is 0 Å². The summed E-state index contributed by atoms with van der Waals surface area (Å²) in [6, 6.07) is 0. The Morgan fingerprint density at radius 1 is 1.60 bits per heavy atom. The van der Waals surface area contributed by atoms with Gasteiger partial charge in [-0.25, -0.2) is 0 Å². The van der Waals surface area contributed by atoms with Crippen molar-refractivity contribution in [3.63, 3.8) is 0 Å². The van der Waals surface area contributed by atoms with Gasteiger partial charge in [-0.05, 0) is 25.2 Å². The lowest BCUT2D eigenvalue weighted by atomic mass is 10.1. The van der Waals surface area contributed by atoms with Crippen LogP contribution in [-0.2, 0) is 4.79 Å². The molecule has 0 heterocycles. The Balaban J connectivity index is 2.05. The molecule has 0 aromatic rings. The normalized spacial score (nSPS) is 44.5. The number of carbonyl (C=O) groups excluding carboxylic acids is 1. The van der Waals surface area contributed by atoms with Crippen LogP contribution in [-0.4, -0.2) is 5.78 Å². The highest BCUT2D eigenvalue weighted by Crippen LogP contribution is 2.56. The minimum absolute atomic E-state index is 0.441. The number of allylic oxidation sites excluding steroid dienone is 2. The van der Waals surface area contributed by atoms with Crippen molar-refractivity contribution >= 4 is 5.78 Å². The van der Waals surface area contributed by atoms with Gasteiger partial charge in [0.05, 0.1) is 0 Å². The molecule has 2 saturated carbocycles. The summed E-state index contributed by atoms with van der Waals surface area (Å²) in [6.45, 7) is 2.03. The van der Waals surface area contributed by atoms with E-state index in [0.717, 1.165) is 18.8 Å². The lowest BCUT2D eigenvalue weighted by Gasteiger charge is -1.92. The number of hydrogen-bond donors (Lipinski definition) is 0. The topological polar surface area (TPSA) is 17.1 Å². The molecule has 2 aliphatic carbocycles. The van der Waals surface area contributed by atoms with Crippen molar-refractivity contribution in [3.05, 3.63) is 12.2 Å². The molecule has 0 aromatic carbocycles. The summed E-state index contributed by atoms with van der Waals surface area (Å²) in [4.78, 5) is 11.1. The average Bonchev–Trinajstić information content (AvgIpc) is 2.45. The first-order valence-corrected chi connectivity index (χ1v) is 4.00. The predicted molar refractivity (Wildman–Crippen MR) is 39.5 cm³/mol. The van der Waals surface area contributed by atoms with Crippen LogP contribution >= 0.6 is 0 Å². The minimum Gasteiger partial charge on any atom is -0.299 e. The van der Waals surface area contributed by atoms with Gasteiger partial charge in [0.1, 0.15) is 5.78 Å². The summed E-state index contributed by atoms with van der Waals surface area (Å²) in [6.07, 6.45) is 6.25. The molecule has 0 aromatic heterocycles. The van der Waals surface area contributed by atoms with E-state index in [1.165, 1.54) is 0 Å². The maximum Gasteiger partial charge on any atom is 0.136 e. The van der Waals surface area contributed by atoms with E-state index in [0.29, 0.717) is 17.6 Å². The molecule has 0 unspecified atom stereocenters.